The molecule has 3 aromatic rings. The minimum absolute atomic E-state index is 0.00314. The second-order valence-corrected chi connectivity index (χ2v) is 7.16. The third kappa shape index (κ3) is 2.95. The number of benzene rings is 1. The van der Waals surface area contributed by atoms with Gasteiger partial charge in [-0.15, -0.1) is 0 Å². The largest absolute Gasteiger partial charge is 0.378 e. The molecule has 2 aromatic heterocycles. The van der Waals surface area contributed by atoms with Gasteiger partial charge in [0, 0.05) is 42.3 Å². The predicted octanol–water partition coefficient (Wildman–Crippen LogP) is 1.49. The van der Waals surface area contributed by atoms with Crippen LogP contribution >= 0.6 is 0 Å². The van der Waals surface area contributed by atoms with Crippen molar-refractivity contribution >= 4 is 22.7 Å². The topological polar surface area (TPSA) is 83.5 Å². The van der Waals surface area contributed by atoms with Gasteiger partial charge in [0.05, 0.1) is 32.0 Å². The van der Waals surface area contributed by atoms with Crippen molar-refractivity contribution in [2.45, 2.75) is 13.1 Å². The van der Waals surface area contributed by atoms with Gasteiger partial charge in [0.2, 0.25) is 0 Å². The molecule has 1 saturated heterocycles. The van der Waals surface area contributed by atoms with Crippen LogP contribution in [0.4, 0.5) is 0 Å². The number of fused-ring (bicyclic) bond motifs is 2. The summed E-state index contributed by atoms with van der Waals surface area (Å²) in [7, 11) is 0. The Kier molecular flexibility index (Phi) is 4.12. The van der Waals surface area contributed by atoms with Crippen LogP contribution in [0.5, 0.6) is 0 Å². The Morgan fingerprint density at radius 1 is 0.964 bits per heavy atom. The van der Waals surface area contributed by atoms with E-state index in [9.17, 15) is 9.59 Å². The maximum absolute atomic E-state index is 13.0. The highest BCUT2D eigenvalue weighted by molar-refractivity contribution is 5.98. The van der Waals surface area contributed by atoms with Gasteiger partial charge in [-0.3, -0.25) is 14.3 Å². The molecule has 2 aliphatic heterocycles. The Balaban J connectivity index is 1.34. The second-order valence-electron chi connectivity index (χ2n) is 7.16. The van der Waals surface area contributed by atoms with Gasteiger partial charge in [-0.1, -0.05) is 0 Å². The van der Waals surface area contributed by atoms with Crippen molar-refractivity contribution in [2.24, 2.45) is 0 Å². The molecule has 0 saturated carbocycles. The first-order chi connectivity index (χ1) is 13.7. The van der Waals surface area contributed by atoms with Gasteiger partial charge in [0.15, 0.2) is 5.69 Å². The average molecular weight is 379 g/mol. The number of hydrogen-bond donors (Lipinski definition) is 1. The first-order valence-corrected chi connectivity index (χ1v) is 9.49. The number of carbonyl (C=O) groups excluding carboxylic acids is 2. The normalized spacial score (nSPS) is 17.0. The molecule has 0 bridgehead atoms. The zero-order chi connectivity index (χ0) is 19.1. The third-order valence-electron chi connectivity index (χ3n) is 5.40. The molecule has 0 unspecified atom stereocenters. The van der Waals surface area contributed by atoms with Crippen molar-refractivity contribution in [3.05, 3.63) is 53.5 Å². The first-order valence-electron chi connectivity index (χ1n) is 9.49. The predicted molar refractivity (Wildman–Crippen MR) is 102 cm³/mol. The van der Waals surface area contributed by atoms with E-state index in [2.05, 4.69) is 10.1 Å². The number of rotatable bonds is 2. The fourth-order valence-corrected chi connectivity index (χ4v) is 3.84. The molecule has 1 aromatic carbocycles. The van der Waals surface area contributed by atoms with Gasteiger partial charge in [0.1, 0.15) is 0 Å². The summed E-state index contributed by atoms with van der Waals surface area (Å²) in [5.74, 6) is -0.0717. The molecule has 1 N–H and O–H groups in total. The Hall–Kier alpha value is -3.13. The lowest BCUT2D eigenvalue weighted by Gasteiger charge is -2.27. The molecule has 0 atom stereocenters. The summed E-state index contributed by atoms with van der Waals surface area (Å²) in [6, 6.07) is 9.46. The van der Waals surface area contributed by atoms with E-state index in [1.165, 1.54) is 0 Å². The van der Waals surface area contributed by atoms with Crippen molar-refractivity contribution in [1.82, 2.24) is 24.6 Å². The van der Waals surface area contributed by atoms with Crippen LogP contribution in [0.15, 0.2) is 36.5 Å². The number of aromatic nitrogens is 3. The molecular weight excluding hydrogens is 358 g/mol. The zero-order valence-corrected chi connectivity index (χ0v) is 15.4. The summed E-state index contributed by atoms with van der Waals surface area (Å²) >= 11 is 0. The molecule has 144 valence electrons. The number of hydrogen-bond acceptors (Lipinski definition) is 4. The molecule has 0 aliphatic carbocycles. The molecule has 8 heteroatoms. The number of aromatic amines is 1. The molecule has 0 radical (unpaired) electrons. The van der Waals surface area contributed by atoms with E-state index < -0.39 is 0 Å². The van der Waals surface area contributed by atoms with Crippen LogP contribution < -0.4 is 0 Å². The number of morpholine rings is 1. The summed E-state index contributed by atoms with van der Waals surface area (Å²) in [5, 5.41) is 5.49. The summed E-state index contributed by atoms with van der Waals surface area (Å²) in [6.07, 6.45) is 1.87. The van der Waals surface area contributed by atoms with E-state index in [4.69, 9.17) is 4.74 Å². The summed E-state index contributed by atoms with van der Waals surface area (Å²) in [4.78, 5) is 32.3. The Morgan fingerprint density at radius 2 is 1.82 bits per heavy atom. The van der Waals surface area contributed by atoms with Gasteiger partial charge in [-0.05, 0) is 30.3 Å². The van der Waals surface area contributed by atoms with Crippen LogP contribution in [0, 0.1) is 0 Å². The number of amides is 2. The van der Waals surface area contributed by atoms with E-state index in [0.717, 1.165) is 16.6 Å². The van der Waals surface area contributed by atoms with E-state index in [-0.39, 0.29) is 11.8 Å². The Bertz CT molecular complexity index is 1050. The van der Waals surface area contributed by atoms with Crippen molar-refractivity contribution < 1.29 is 14.3 Å². The molecule has 0 spiro atoms. The van der Waals surface area contributed by atoms with Crippen molar-refractivity contribution in [2.75, 3.05) is 32.8 Å². The maximum Gasteiger partial charge on any atom is 0.274 e. The van der Waals surface area contributed by atoms with Crippen LogP contribution in [-0.2, 0) is 17.8 Å². The highest BCUT2D eigenvalue weighted by Crippen LogP contribution is 2.20. The smallest absolute Gasteiger partial charge is 0.274 e. The summed E-state index contributed by atoms with van der Waals surface area (Å²) < 4.78 is 7.15. The lowest BCUT2D eigenvalue weighted by Crippen LogP contribution is -2.41. The summed E-state index contributed by atoms with van der Waals surface area (Å²) in [6.45, 7) is 3.92. The van der Waals surface area contributed by atoms with E-state index >= 15 is 0 Å². The van der Waals surface area contributed by atoms with Crippen molar-refractivity contribution in [3.8, 4) is 0 Å². The molecule has 2 aliphatic rings. The number of ether oxygens (including phenoxy) is 1. The minimum atomic E-state index is -0.0685. The van der Waals surface area contributed by atoms with Crippen molar-refractivity contribution in [3.63, 3.8) is 0 Å². The molecule has 5 rings (SSSR count). The number of carbonyl (C=O) groups is 2. The maximum atomic E-state index is 13.0. The lowest BCUT2D eigenvalue weighted by atomic mass is 10.1. The van der Waals surface area contributed by atoms with Crippen molar-refractivity contribution in [1.29, 1.82) is 0 Å². The monoisotopic (exact) mass is 379 g/mol. The highest BCUT2D eigenvalue weighted by atomic mass is 16.5. The fraction of sp³-hybridized carbons (Fsp3) is 0.350. The fourth-order valence-electron chi connectivity index (χ4n) is 3.84. The van der Waals surface area contributed by atoms with Gasteiger partial charge in [0.25, 0.3) is 11.8 Å². The second kappa shape index (κ2) is 6.79. The van der Waals surface area contributed by atoms with Gasteiger partial charge in [-0.2, -0.15) is 5.10 Å². The van der Waals surface area contributed by atoms with Crippen LogP contribution in [0.1, 0.15) is 26.5 Å². The molecule has 2 amide bonds. The molecule has 1 fully saturated rings. The Morgan fingerprint density at radius 3 is 2.68 bits per heavy atom. The SMILES string of the molecule is O=C(c1ccc2[nH]ccc2c1)N1CCn2nc(C(=O)N3CCOCC3)cc2C1. The molecule has 28 heavy (non-hydrogen) atoms. The molecule has 8 nitrogen and oxygen atoms in total. The van der Waals surface area contributed by atoms with E-state index in [1.54, 1.807) is 4.90 Å². The van der Waals surface area contributed by atoms with E-state index in [1.807, 2.05) is 46.1 Å². The third-order valence-corrected chi connectivity index (χ3v) is 5.40. The van der Waals surface area contributed by atoms with Crippen LogP contribution in [-0.4, -0.2) is 69.2 Å². The van der Waals surface area contributed by atoms with Crippen LogP contribution in [0.3, 0.4) is 0 Å². The first kappa shape index (κ1) is 17.0. The molecule has 4 heterocycles. The lowest BCUT2D eigenvalue weighted by molar-refractivity contribution is 0.0298. The highest BCUT2D eigenvalue weighted by Gasteiger charge is 2.27. The number of nitrogens with one attached hydrogen (secondary N) is 1. The Labute approximate surface area is 161 Å². The quantitative estimate of drug-likeness (QED) is 0.731. The standard InChI is InChI=1S/C20H21N5O3/c26-19(15-1-2-17-14(11-15)3-4-21-17)24-5-6-25-16(13-24)12-18(22-25)20(27)23-7-9-28-10-8-23/h1-4,11-12,21H,5-10,13H2. The van der Waals surface area contributed by atoms with Crippen LogP contribution in [0.2, 0.25) is 0 Å². The minimum Gasteiger partial charge on any atom is -0.378 e. The number of nitrogens with zero attached hydrogens (tertiary/aromatic N) is 4. The zero-order valence-electron chi connectivity index (χ0n) is 15.4. The van der Waals surface area contributed by atoms with E-state index in [0.29, 0.717) is 57.2 Å². The van der Waals surface area contributed by atoms with Gasteiger partial charge in [-0.25, -0.2) is 0 Å². The average Bonchev–Trinajstić information content (AvgIpc) is 3.38. The van der Waals surface area contributed by atoms with Crippen LogP contribution in [0.25, 0.3) is 10.9 Å². The summed E-state index contributed by atoms with van der Waals surface area (Å²) in [5.41, 5.74) is 3.02. The van der Waals surface area contributed by atoms with Gasteiger partial charge >= 0.3 is 0 Å². The number of H-pyrrole nitrogens is 1. The van der Waals surface area contributed by atoms with Gasteiger partial charge < -0.3 is 19.5 Å². The molecular formula is C20H21N5O3.